The van der Waals surface area contributed by atoms with Crippen molar-refractivity contribution < 1.29 is 4.39 Å². The van der Waals surface area contributed by atoms with E-state index in [1.807, 2.05) is 0 Å². The molecule has 0 aliphatic carbocycles. The third-order valence-corrected chi connectivity index (χ3v) is 3.72. The van der Waals surface area contributed by atoms with E-state index in [-0.39, 0.29) is 5.82 Å². The third kappa shape index (κ3) is 3.27. The van der Waals surface area contributed by atoms with E-state index in [0.717, 1.165) is 38.0 Å². The highest BCUT2D eigenvalue weighted by atomic mass is 19.1. The number of halogens is 1. The number of nitrogens with zero attached hydrogens (tertiary/aromatic N) is 2. The summed E-state index contributed by atoms with van der Waals surface area (Å²) in [5.74, 6) is -0.247. The molecule has 0 amide bonds. The van der Waals surface area contributed by atoms with Crippen molar-refractivity contribution in [3.05, 3.63) is 29.8 Å². The zero-order valence-electron chi connectivity index (χ0n) is 11.2. The Kier molecular flexibility index (Phi) is 4.66. The van der Waals surface area contributed by atoms with Gasteiger partial charge in [-0.05, 0) is 24.5 Å². The topological polar surface area (TPSA) is 28.2 Å². The average Bonchev–Trinajstić information content (AvgIpc) is 2.38. The summed E-state index contributed by atoms with van der Waals surface area (Å²) in [6, 6.07) is 2.67. The lowest BCUT2D eigenvalue weighted by Crippen LogP contribution is -2.55. The molecule has 0 aromatic carbocycles. The van der Waals surface area contributed by atoms with Gasteiger partial charge < -0.3 is 5.32 Å². The van der Waals surface area contributed by atoms with E-state index in [9.17, 15) is 4.39 Å². The molecule has 0 saturated carbocycles. The summed E-state index contributed by atoms with van der Waals surface area (Å²) in [6.07, 6.45) is 5.27. The standard InChI is InChI=1S/C14H22FN3/c1-3-13-10-18(14(4-2)8-17-13)9-11-5-12(15)7-16-6-11/h5-7,13-14,17H,3-4,8-10H2,1-2H3. The minimum absolute atomic E-state index is 0.247. The predicted molar refractivity (Wildman–Crippen MR) is 70.8 cm³/mol. The van der Waals surface area contributed by atoms with Gasteiger partial charge in [0.05, 0.1) is 6.20 Å². The largest absolute Gasteiger partial charge is 0.311 e. The van der Waals surface area contributed by atoms with Crippen molar-refractivity contribution in [2.24, 2.45) is 0 Å². The molecule has 1 N–H and O–H groups in total. The van der Waals surface area contributed by atoms with Crippen LogP contribution < -0.4 is 5.32 Å². The van der Waals surface area contributed by atoms with Crippen molar-refractivity contribution in [2.75, 3.05) is 13.1 Å². The number of hydrogen-bond donors (Lipinski definition) is 1. The first-order valence-corrected chi connectivity index (χ1v) is 6.79. The molecule has 2 rings (SSSR count). The van der Waals surface area contributed by atoms with Crippen LogP contribution in [0.25, 0.3) is 0 Å². The predicted octanol–water partition coefficient (Wildman–Crippen LogP) is 2.18. The quantitative estimate of drug-likeness (QED) is 0.889. The third-order valence-electron chi connectivity index (χ3n) is 3.72. The minimum Gasteiger partial charge on any atom is -0.311 e. The van der Waals surface area contributed by atoms with Gasteiger partial charge >= 0.3 is 0 Å². The number of nitrogens with one attached hydrogen (secondary N) is 1. The molecule has 4 heteroatoms. The molecule has 0 radical (unpaired) electrons. The Bertz CT molecular complexity index is 383. The van der Waals surface area contributed by atoms with Crippen molar-refractivity contribution >= 4 is 0 Å². The molecule has 3 nitrogen and oxygen atoms in total. The van der Waals surface area contributed by atoms with E-state index < -0.39 is 0 Å². The van der Waals surface area contributed by atoms with E-state index in [0.29, 0.717) is 12.1 Å². The van der Waals surface area contributed by atoms with Gasteiger partial charge in [0.2, 0.25) is 0 Å². The second-order valence-corrected chi connectivity index (χ2v) is 5.02. The second kappa shape index (κ2) is 6.25. The monoisotopic (exact) mass is 251 g/mol. The van der Waals surface area contributed by atoms with Crippen LogP contribution in [0.3, 0.4) is 0 Å². The molecule has 1 aromatic heterocycles. The van der Waals surface area contributed by atoms with Crippen LogP contribution in [0.15, 0.2) is 18.5 Å². The first-order chi connectivity index (χ1) is 8.72. The molecule has 1 fully saturated rings. The van der Waals surface area contributed by atoms with E-state index in [4.69, 9.17) is 0 Å². The summed E-state index contributed by atoms with van der Waals surface area (Å²) in [5.41, 5.74) is 0.963. The number of aromatic nitrogens is 1. The number of rotatable bonds is 4. The van der Waals surface area contributed by atoms with Crippen LogP contribution in [-0.2, 0) is 6.54 Å². The maximum absolute atomic E-state index is 13.1. The maximum atomic E-state index is 13.1. The van der Waals surface area contributed by atoms with Crippen LogP contribution >= 0.6 is 0 Å². The van der Waals surface area contributed by atoms with Gasteiger partial charge in [0.1, 0.15) is 5.82 Å². The Morgan fingerprint density at radius 3 is 2.89 bits per heavy atom. The molecule has 1 aromatic rings. The van der Waals surface area contributed by atoms with Gasteiger partial charge in [-0.2, -0.15) is 0 Å². The molecule has 0 spiro atoms. The summed E-state index contributed by atoms with van der Waals surface area (Å²) in [4.78, 5) is 6.37. The Balaban J connectivity index is 2.04. The van der Waals surface area contributed by atoms with Crippen molar-refractivity contribution in [1.82, 2.24) is 15.2 Å². The van der Waals surface area contributed by atoms with Crippen molar-refractivity contribution in [3.63, 3.8) is 0 Å². The molecule has 1 saturated heterocycles. The second-order valence-electron chi connectivity index (χ2n) is 5.02. The van der Waals surface area contributed by atoms with Crippen LogP contribution in [-0.4, -0.2) is 35.1 Å². The fourth-order valence-corrected chi connectivity index (χ4v) is 2.57. The molecule has 1 aliphatic rings. The van der Waals surface area contributed by atoms with Crippen LogP contribution in [0, 0.1) is 5.82 Å². The number of piperazine rings is 1. The Morgan fingerprint density at radius 1 is 1.39 bits per heavy atom. The molecule has 100 valence electrons. The molecular formula is C14H22FN3. The maximum Gasteiger partial charge on any atom is 0.141 e. The zero-order chi connectivity index (χ0) is 13.0. The SMILES string of the molecule is CCC1CN(Cc2cncc(F)c2)C(CC)CN1. The molecule has 0 bridgehead atoms. The first kappa shape index (κ1) is 13.4. The van der Waals surface area contributed by atoms with Crippen LogP contribution in [0.5, 0.6) is 0 Å². The number of pyridine rings is 1. The normalized spacial score (nSPS) is 25.3. The van der Waals surface area contributed by atoms with Gasteiger partial charge in [-0.1, -0.05) is 13.8 Å². The highest BCUT2D eigenvalue weighted by molar-refractivity contribution is 5.10. The summed E-state index contributed by atoms with van der Waals surface area (Å²) in [7, 11) is 0. The van der Waals surface area contributed by atoms with Gasteiger partial charge in [-0.25, -0.2) is 4.39 Å². The molecular weight excluding hydrogens is 229 g/mol. The minimum atomic E-state index is -0.247. The molecule has 2 atom stereocenters. The van der Waals surface area contributed by atoms with E-state index >= 15 is 0 Å². The summed E-state index contributed by atoms with van der Waals surface area (Å²) >= 11 is 0. The van der Waals surface area contributed by atoms with Crippen molar-refractivity contribution in [3.8, 4) is 0 Å². The lowest BCUT2D eigenvalue weighted by Gasteiger charge is -2.40. The highest BCUT2D eigenvalue weighted by Gasteiger charge is 2.25. The fourth-order valence-electron chi connectivity index (χ4n) is 2.57. The van der Waals surface area contributed by atoms with Gasteiger partial charge in [-0.15, -0.1) is 0 Å². The first-order valence-electron chi connectivity index (χ1n) is 6.79. The van der Waals surface area contributed by atoms with Crippen LogP contribution in [0.2, 0.25) is 0 Å². The van der Waals surface area contributed by atoms with Crippen molar-refractivity contribution in [2.45, 2.75) is 45.3 Å². The Labute approximate surface area is 108 Å². The summed E-state index contributed by atoms with van der Waals surface area (Å²) in [6.45, 7) is 7.26. The van der Waals surface area contributed by atoms with E-state index in [2.05, 4.69) is 29.0 Å². The fraction of sp³-hybridized carbons (Fsp3) is 0.643. The summed E-state index contributed by atoms with van der Waals surface area (Å²) < 4.78 is 13.1. The lowest BCUT2D eigenvalue weighted by atomic mass is 10.0. The van der Waals surface area contributed by atoms with Gasteiger partial charge in [0, 0.05) is 37.9 Å². The van der Waals surface area contributed by atoms with Crippen LogP contribution in [0.4, 0.5) is 4.39 Å². The van der Waals surface area contributed by atoms with Crippen LogP contribution in [0.1, 0.15) is 32.3 Å². The molecule has 1 aliphatic heterocycles. The van der Waals surface area contributed by atoms with Gasteiger partial charge in [-0.3, -0.25) is 9.88 Å². The number of hydrogen-bond acceptors (Lipinski definition) is 3. The molecule has 2 heterocycles. The molecule has 18 heavy (non-hydrogen) atoms. The summed E-state index contributed by atoms with van der Waals surface area (Å²) in [5, 5.41) is 3.57. The smallest absolute Gasteiger partial charge is 0.141 e. The Morgan fingerprint density at radius 2 is 2.22 bits per heavy atom. The zero-order valence-corrected chi connectivity index (χ0v) is 11.2. The van der Waals surface area contributed by atoms with Crippen molar-refractivity contribution in [1.29, 1.82) is 0 Å². The molecule has 2 unspecified atom stereocenters. The van der Waals surface area contributed by atoms with E-state index in [1.54, 1.807) is 12.3 Å². The lowest BCUT2D eigenvalue weighted by molar-refractivity contribution is 0.117. The van der Waals surface area contributed by atoms with Gasteiger partial charge in [0.25, 0.3) is 0 Å². The van der Waals surface area contributed by atoms with Gasteiger partial charge in [0.15, 0.2) is 0 Å². The average molecular weight is 251 g/mol. The van der Waals surface area contributed by atoms with E-state index in [1.165, 1.54) is 6.20 Å². The Hall–Kier alpha value is -1.00. The highest BCUT2D eigenvalue weighted by Crippen LogP contribution is 2.16.